The highest BCUT2D eigenvalue weighted by molar-refractivity contribution is 6.31. The van der Waals surface area contributed by atoms with Crippen molar-refractivity contribution in [2.24, 2.45) is 0 Å². The van der Waals surface area contributed by atoms with E-state index in [4.69, 9.17) is 25.8 Å². The Balaban J connectivity index is 1.83. The first-order chi connectivity index (χ1) is 11.5. The molecule has 0 radical (unpaired) electrons. The molecule has 0 saturated heterocycles. The lowest BCUT2D eigenvalue weighted by molar-refractivity contribution is 0.112. The van der Waals surface area contributed by atoms with Gasteiger partial charge in [-0.15, -0.1) is 0 Å². The summed E-state index contributed by atoms with van der Waals surface area (Å²) >= 11 is 6.08. The van der Waals surface area contributed by atoms with Crippen LogP contribution in [-0.4, -0.2) is 26.6 Å². The molecule has 0 heterocycles. The maximum atomic E-state index is 10.8. The Labute approximate surface area is 147 Å². The second kappa shape index (κ2) is 8.60. The highest BCUT2D eigenvalue weighted by Crippen LogP contribution is 2.28. The number of ether oxygens (including phenoxy) is 3. The van der Waals surface area contributed by atoms with E-state index < -0.39 is 0 Å². The van der Waals surface area contributed by atoms with Crippen molar-refractivity contribution < 1.29 is 19.0 Å². The number of benzene rings is 2. The van der Waals surface area contributed by atoms with Gasteiger partial charge in [-0.3, -0.25) is 4.79 Å². The quantitative estimate of drug-likeness (QED) is 0.515. The van der Waals surface area contributed by atoms with Crippen LogP contribution in [0.5, 0.6) is 17.2 Å². The summed E-state index contributed by atoms with van der Waals surface area (Å²) in [6.07, 6.45) is 1.50. The van der Waals surface area contributed by atoms with E-state index in [2.05, 4.69) is 0 Å². The molecule has 0 amide bonds. The molecule has 0 saturated carbocycles. The average Bonchev–Trinajstić information content (AvgIpc) is 2.58. The standard InChI is InChI=1S/C19H21ClO4/c1-13-10-18(14(2)9-16(13)20)24-8-4-7-23-17-6-5-15(12-21)11-19(17)22-3/h5-6,9-12H,4,7-8H2,1-3H3. The van der Waals surface area contributed by atoms with Gasteiger partial charge in [0.05, 0.1) is 20.3 Å². The maximum absolute atomic E-state index is 10.8. The lowest BCUT2D eigenvalue weighted by Crippen LogP contribution is -2.06. The first-order valence-electron chi connectivity index (χ1n) is 7.70. The maximum Gasteiger partial charge on any atom is 0.161 e. The molecule has 0 aliphatic heterocycles. The van der Waals surface area contributed by atoms with Crippen molar-refractivity contribution in [2.75, 3.05) is 20.3 Å². The van der Waals surface area contributed by atoms with Crippen molar-refractivity contribution in [1.29, 1.82) is 0 Å². The summed E-state index contributed by atoms with van der Waals surface area (Å²) in [4.78, 5) is 10.8. The van der Waals surface area contributed by atoms with E-state index in [1.165, 1.54) is 0 Å². The summed E-state index contributed by atoms with van der Waals surface area (Å²) in [7, 11) is 1.55. The van der Waals surface area contributed by atoms with Crippen molar-refractivity contribution in [3.8, 4) is 17.2 Å². The lowest BCUT2D eigenvalue weighted by atomic mass is 10.1. The Morgan fingerprint density at radius 3 is 2.33 bits per heavy atom. The van der Waals surface area contributed by atoms with E-state index in [9.17, 15) is 4.79 Å². The molecule has 0 spiro atoms. The van der Waals surface area contributed by atoms with E-state index in [1.807, 2.05) is 26.0 Å². The minimum absolute atomic E-state index is 0.489. The third kappa shape index (κ3) is 4.65. The first-order valence-corrected chi connectivity index (χ1v) is 8.08. The van der Waals surface area contributed by atoms with Gasteiger partial charge in [0, 0.05) is 17.0 Å². The van der Waals surface area contributed by atoms with Crippen molar-refractivity contribution >= 4 is 17.9 Å². The minimum atomic E-state index is 0.489. The van der Waals surface area contributed by atoms with E-state index in [1.54, 1.807) is 25.3 Å². The summed E-state index contributed by atoms with van der Waals surface area (Å²) in [6.45, 7) is 4.95. The fourth-order valence-electron chi connectivity index (χ4n) is 2.21. The molecule has 0 fully saturated rings. The Bertz CT molecular complexity index is 713. The van der Waals surface area contributed by atoms with Crippen LogP contribution in [0.2, 0.25) is 5.02 Å². The number of carbonyl (C=O) groups is 1. The molecule has 0 unspecified atom stereocenters. The molecule has 24 heavy (non-hydrogen) atoms. The molecular formula is C19H21ClO4. The summed E-state index contributed by atoms with van der Waals surface area (Å²) in [5.41, 5.74) is 2.56. The molecule has 0 bridgehead atoms. The predicted molar refractivity (Wildman–Crippen MR) is 94.9 cm³/mol. The van der Waals surface area contributed by atoms with Crippen LogP contribution < -0.4 is 14.2 Å². The Kier molecular flexibility index (Phi) is 6.50. The SMILES string of the molecule is COc1cc(C=O)ccc1OCCCOc1cc(C)c(Cl)cc1C. The second-order valence-corrected chi connectivity index (χ2v) is 5.85. The zero-order chi connectivity index (χ0) is 17.5. The van der Waals surface area contributed by atoms with Gasteiger partial charge in [0.25, 0.3) is 0 Å². The van der Waals surface area contributed by atoms with Gasteiger partial charge in [-0.05, 0) is 55.3 Å². The van der Waals surface area contributed by atoms with Crippen molar-refractivity contribution in [2.45, 2.75) is 20.3 Å². The van der Waals surface area contributed by atoms with Gasteiger partial charge in [0.1, 0.15) is 12.0 Å². The van der Waals surface area contributed by atoms with Crippen LogP contribution in [0.1, 0.15) is 27.9 Å². The number of carbonyl (C=O) groups excluding carboxylic acids is 1. The van der Waals surface area contributed by atoms with E-state index in [0.717, 1.165) is 34.6 Å². The predicted octanol–water partition coefficient (Wildman–Crippen LogP) is 4.63. The molecule has 2 rings (SSSR count). The fourth-order valence-corrected chi connectivity index (χ4v) is 2.43. The van der Waals surface area contributed by atoms with Crippen LogP contribution in [0.25, 0.3) is 0 Å². The molecule has 0 aliphatic rings. The number of aryl methyl sites for hydroxylation is 2. The number of halogens is 1. The fraction of sp³-hybridized carbons (Fsp3) is 0.316. The van der Waals surface area contributed by atoms with Gasteiger partial charge in [-0.25, -0.2) is 0 Å². The van der Waals surface area contributed by atoms with Crippen molar-refractivity contribution in [3.63, 3.8) is 0 Å². The third-order valence-electron chi connectivity index (χ3n) is 3.58. The van der Waals surface area contributed by atoms with Gasteiger partial charge >= 0.3 is 0 Å². The topological polar surface area (TPSA) is 44.8 Å². The molecule has 5 heteroatoms. The lowest BCUT2D eigenvalue weighted by Gasteiger charge is -2.13. The van der Waals surface area contributed by atoms with Gasteiger partial charge in [-0.2, -0.15) is 0 Å². The summed E-state index contributed by atoms with van der Waals surface area (Å²) in [5, 5.41) is 0.744. The summed E-state index contributed by atoms with van der Waals surface area (Å²) in [5.74, 6) is 2.00. The third-order valence-corrected chi connectivity index (χ3v) is 3.99. The zero-order valence-electron chi connectivity index (χ0n) is 14.1. The highest BCUT2D eigenvalue weighted by atomic mass is 35.5. The van der Waals surface area contributed by atoms with Gasteiger partial charge in [0.15, 0.2) is 11.5 Å². The number of hydrogen-bond donors (Lipinski definition) is 0. The molecule has 0 N–H and O–H groups in total. The Morgan fingerprint density at radius 2 is 1.67 bits per heavy atom. The molecule has 2 aromatic carbocycles. The number of methoxy groups -OCH3 is 1. The molecule has 0 aliphatic carbocycles. The number of rotatable bonds is 8. The van der Waals surface area contributed by atoms with Crippen molar-refractivity contribution in [1.82, 2.24) is 0 Å². The van der Waals surface area contributed by atoms with Crippen LogP contribution in [0.4, 0.5) is 0 Å². The Hall–Kier alpha value is -2.20. The second-order valence-electron chi connectivity index (χ2n) is 5.45. The average molecular weight is 349 g/mol. The van der Waals surface area contributed by atoms with Crippen LogP contribution in [-0.2, 0) is 0 Å². The molecule has 128 valence electrons. The smallest absolute Gasteiger partial charge is 0.161 e. The molecular weight excluding hydrogens is 328 g/mol. The number of hydrogen-bond acceptors (Lipinski definition) is 4. The molecule has 4 nitrogen and oxygen atoms in total. The highest BCUT2D eigenvalue weighted by Gasteiger charge is 2.06. The molecule has 0 atom stereocenters. The van der Waals surface area contributed by atoms with Gasteiger partial charge in [-0.1, -0.05) is 11.6 Å². The van der Waals surface area contributed by atoms with E-state index in [0.29, 0.717) is 30.3 Å². The minimum Gasteiger partial charge on any atom is -0.493 e. The molecule has 0 aromatic heterocycles. The van der Waals surface area contributed by atoms with E-state index >= 15 is 0 Å². The first kappa shape index (κ1) is 18.1. The zero-order valence-corrected chi connectivity index (χ0v) is 14.9. The normalized spacial score (nSPS) is 10.3. The molecule has 2 aromatic rings. The largest absolute Gasteiger partial charge is 0.493 e. The number of aldehydes is 1. The summed E-state index contributed by atoms with van der Waals surface area (Å²) in [6, 6.07) is 8.93. The summed E-state index contributed by atoms with van der Waals surface area (Å²) < 4.78 is 16.7. The van der Waals surface area contributed by atoms with Crippen LogP contribution in [0, 0.1) is 13.8 Å². The van der Waals surface area contributed by atoms with Crippen LogP contribution >= 0.6 is 11.6 Å². The van der Waals surface area contributed by atoms with Gasteiger partial charge < -0.3 is 14.2 Å². The monoisotopic (exact) mass is 348 g/mol. The van der Waals surface area contributed by atoms with Crippen molar-refractivity contribution in [3.05, 3.63) is 52.0 Å². The van der Waals surface area contributed by atoms with Crippen LogP contribution in [0.3, 0.4) is 0 Å². The van der Waals surface area contributed by atoms with Gasteiger partial charge in [0.2, 0.25) is 0 Å². The Morgan fingerprint density at radius 1 is 0.958 bits per heavy atom. The van der Waals surface area contributed by atoms with Crippen LogP contribution in [0.15, 0.2) is 30.3 Å². The van der Waals surface area contributed by atoms with E-state index in [-0.39, 0.29) is 0 Å².